The van der Waals surface area contributed by atoms with Gasteiger partial charge in [-0.1, -0.05) is 57.4 Å². The van der Waals surface area contributed by atoms with Gasteiger partial charge in [0.15, 0.2) is 0 Å². The normalized spacial score (nSPS) is 18.8. The fourth-order valence-corrected chi connectivity index (χ4v) is 4.00. The molecule has 1 heterocycles. The van der Waals surface area contributed by atoms with E-state index in [1.165, 1.54) is 5.56 Å². The van der Waals surface area contributed by atoms with E-state index < -0.39 is 11.6 Å². The Morgan fingerprint density at radius 1 is 1.18 bits per heavy atom. The smallest absolute Gasteiger partial charge is 0.322 e. The van der Waals surface area contributed by atoms with Crippen LogP contribution in [-0.4, -0.2) is 46.9 Å². The molecular weight excluding hydrogens is 356 g/mol. The lowest BCUT2D eigenvalue weighted by molar-refractivity contribution is -0.140. The lowest BCUT2D eigenvalue weighted by Crippen LogP contribution is -2.52. The van der Waals surface area contributed by atoms with Gasteiger partial charge in [0.2, 0.25) is 0 Å². The van der Waals surface area contributed by atoms with E-state index >= 15 is 0 Å². The minimum Gasteiger partial charge on any atom is -0.322 e. The molecule has 1 aromatic carbocycles. The highest BCUT2D eigenvalue weighted by Crippen LogP contribution is 2.32. The second kappa shape index (κ2) is 8.31. The zero-order valence-electron chi connectivity index (χ0n) is 17.0. The van der Waals surface area contributed by atoms with Crippen LogP contribution in [0.5, 0.6) is 0 Å². The summed E-state index contributed by atoms with van der Waals surface area (Å²) in [6.45, 7) is 5.00. The van der Waals surface area contributed by atoms with Crippen molar-refractivity contribution in [3.63, 3.8) is 0 Å². The summed E-state index contributed by atoms with van der Waals surface area (Å²) in [7, 11) is 1.84. The molecule has 0 aromatic heterocycles. The summed E-state index contributed by atoms with van der Waals surface area (Å²) < 4.78 is 0. The molecule has 7 heteroatoms. The third kappa shape index (κ3) is 4.35. The SMILES string of the molecule is CC(C)c1ccc(CN(C)CC(=O)NN2C(=O)NC3(CCCCC3)C2=O)cc1. The molecule has 0 atom stereocenters. The molecule has 1 saturated carbocycles. The minimum atomic E-state index is -0.827. The van der Waals surface area contributed by atoms with Crippen LogP contribution in [0.3, 0.4) is 0 Å². The number of likely N-dealkylation sites (N-methyl/N-ethyl adjacent to an activating group) is 1. The van der Waals surface area contributed by atoms with Crippen molar-refractivity contribution in [1.82, 2.24) is 20.7 Å². The van der Waals surface area contributed by atoms with Crippen molar-refractivity contribution in [1.29, 1.82) is 0 Å². The van der Waals surface area contributed by atoms with Gasteiger partial charge < -0.3 is 5.32 Å². The number of urea groups is 1. The van der Waals surface area contributed by atoms with Crippen LogP contribution in [0.2, 0.25) is 0 Å². The Labute approximate surface area is 166 Å². The fourth-order valence-electron chi connectivity index (χ4n) is 4.00. The summed E-state index contributed by atoms with van der Waals surface area (Å²) in [5.74, 6) is -0.232. The summed E-state index contributed by atoms with van der Waals surface area (Å²) in [6, 6.07) is 7.80. The highest BCUT2D eigenvalue weighted by molar-refractivity contribution is 6.08. The first kappa shape index (κ1) is 20.3. The predicted octanol–water partition coefficient (Wildman–Crippen LogP) is 2.53. The number of benzene rings is 1. The number of nitrogens with one attached hydrogen (secondary N) is 2. The molecule has 0 radical (unpaired) electrons. The van der Waals surface area contributed by atoms with E-state index in [9.17, 15) is 14.4 Å². The van der Waals surface area contributed by atoms with Crippen LogP contribution in [0.1, 0.15) is 63.0 Å². The van der Waals surface area contributed by atoms with Gasteiger partial charge in [0.05, 0.1) is 6.54 Å². The van der Waals surface area contributed by atoms with Gasteiger partial charge in [-0.25, -0.2) is 4.79 Å². The maximum Gasteiger partial charge on any atom is 0.344 e. The number of amides is 4. The van der Waals surface area contributed by atoms with Gasteiger partial charge in [-0.3, -0.25) is 19.9 Å². The van der Waals surface area contributed by atoms with Crippen molar-refractivity contribution in [2.45, 2.75) is 64.0 Å². The lowest BCUT2D eigenvalue weighted by atomic mass is 9.82. The molecule has 7 nitrogen and oxygen atoms in total. The Morgan fingerprint density at radius 3 is 2.43 bits per heavy atom. The van der Waals surface area contributed by atoms with Gasteiger partial charge in [-0.2, -0.15) is 5.01 Å². The Hall–Kier alpha value is -2.41. The molecule has 2 aliphatic rings. The molecule has 0 unspecified atom stereocenters. The molecule has 1 aromatic rings. The highest BCUT2D eigenvalue weighted by atomic mass is 16.2. The number of hydrazine groups is 1. The summed E-state index contributed by atoms with van der Waals surface area (Å²) >= 11 is 0. The Balaban J connectivity index is 1.53. The van der Waals surface area contributed by atoms with Gasteiger partial charge in [-0.05, 0) is 36.9 Å². The van der Waals surface area contributed by atoms with Crippen LogP contribution in [-0.2, 0) is 16.1 Å². The van der Waals surface area contributed by atoms with Crippen molar-refractivity contribution in [2.75, 3.05) is 13.6 Å². The summed E-state index contributed by atoms with van der Waals surface area (Å²) in [4.78, 5) is 39.2. The Morgan fingerprint density at radius 2 is 1.82 bits per heavy atom. The summed E-state index contributed by atoms with van der Waals surface area (Å²) in [5, 5.41) is 3.65. The average Bonchev–Trinajstić information content (AvgIpc) is 2.86. The number of imide groups is 1. The summed E-state index contributed by atoms with van der Waals surface area (Å²) in [5.41, 5.74) is 4.04. The molecule has 1 aliphatic heterocycles. The molecule has 1 saturated heterocycles. The Bertz CT molecular complexity index is 739. The molecule has 1 aliphatic carbocycles. The zero-order chi connectivity index (χ0) is 20.3. The molecule has 152 valence electrons. The molecule has 0 bridgehead atoms. The second-order valence-electron chi connectivity index (χ2n) is 8.32. The van der Waals surface area contributed by atoms with E-state index in [2.05, 4.69) is 48.9 Å². The van der Waals surface area contributed by atoms with E-state index in [1.807, 2.05) is 11.9 Å². The van der Waals surface area contributed by atoms with Crippen molar-refractivity contribution >= 4 is 17.8 Å². The Kier molecular flexibility index (Phi) is 6.03. The molecule has 3 rings (SSSR count). The van der Waals surface area contributed by atoms with Gasteiger partial charge in [-0.15, -0.1) is 0 Å². The molecule has 1 spiro atoms. The van der Waals surface area contributed by atoms with Crippen LogP contribution in [0.4, 0.5) is 4.79 Å². The van der Waals surface area contributed by atoms with E-state index in [-0.39, 0.29) is 18.4 Å². The first-order valence-electron chi connectivity index (χ1n) is 10.0. The number of carbonyl (C=O) groups excluding carboxylic acids is 3. The predicted molar refractivity (Wildman–Crippen MR) is 106 cm³/mol. The van der Waals surface area contributed by atoms with Crippen LogP contribution in [0.25, 0.3) is 0 Å². The number of hydrogen-bond acceptors (Lipinski definition) is 4. The molecular formula is C21H30N4O3. The van der Waals surface area contributed by atoms with Crippen molar-refractivity contribution < 1.29 is 14.4 Å². The van der Waals surface area contributed by atoms with Crippen molar-refractivity contribution in [3.8, 4) is 0 Å². The van der Waals surface area contributed by atoms with E-state index in [0.717, 1.165) is 29.8 Å². The van der Waals surface area contributed by atoms with Crippen LogP contribution >= 0.6 is 0 Å². The number of carbonyl (C=O) groups is 3. The standard InChI is InChI=1S/C21H30N4O3/c1-15(2)17-9-7-16(8-10-17)13-24(3)14-18(26)23-25-19(27)21(22-20(25)28)11-5-4-6-12-21/h7-10,15H,4-6,11-14H2,1-3H3,(H,22,28)(H,23,26). The fraction of sp³-hybridized carbons (Fsp3) is 0.571. The third-order valence-corrected chi connectivity index (χ3v) is 5.62. The topological polar surface area (TPSA) is 81.8 Å². The first-order chi connectivity index (χ1) is 13.3. The maximum absolute atomic E-state index is 12.7. The number of hydrogen-bond donors (Lipinski definition) is 2. The maximum atomic E-state index is 12.7. The quantitative estimate of drug-likeness (QED) is 0.736. The average molecular weight is 386 g/mol. The van der Waals surface area contributed by atoms with Gasteiger partial charge in [0.25, 0.3) is 11.8 Å². The van der Waals surface area contributed by atoms with Gasteiger partial charge in [0.1, 0.15) is 5.54 Å². The second-order valence-corrected chi connectivity index (χ2v) is 8.32. The molecule has 4 amide bonds. The van der Waals surface area contributed by atoms with E-state index in [1.54, 1.807) is 0 Å². The van der Waals surface area contributed by atoms with E-state index in [0.29, 0.717) is 25.3 Å². The van der Waals surface area contributed by atoms with E-state index in [4.69, 9.17) is 0 Å². The van der Waals surface area contributed by atoms with Crippen LogP contribution < -0.4 is 10.7 Å². The van der Waals surface area contributed by atoms with Gasteiger partial charge in [0, 0.05) is 6.54 Å². The highest BCUT2D eigenvalue weighted by Gasteiger charge is 2.52. The van der Waals surface area contributed by atoms with Crippen molar-refractivity contribution in [3.05, 3.63) is 35.4 Å². The van der Waals surface area contributed by atoms with Crippen molar-refractivity contribution in [2.24, 2.45) is 0 Å². The number of nitrogens with zero attached hydrogens (tertiary/aromatic N) is 2. The lowest BCUT2D eigenvalue weighted by Gasteiger charge is -2.30. The minimum absolute atomic E-state index is 0.0932. The monoisotopic (exact) mass is 386 g/mol. The van der Waals surface area contributed by atoms with Crippen LogP contribution in [0, 0.1) is 0 Å². The zero-order valence-corrected chi connectivity index (χ0v) is 17.0. The van der Waals surface area contributed by atoms with Gasteiger partial charge >= 0.3 is 6.03 Å². The number of rotatable bonds is 6. The summed E-state index contributed by atoms with van der Waals surface area (Å²) in [6.07, 6.45) is 4.16. The molecule has 28 heavy (non-hydrogen) atoms. The molecule has 2 N–H and O–H groups in total. The third-order valence-electron chi connectivity index (χ3n) is 5.62. The first-order valence-corrected chi connectivity index (χ1v) is 10.0. The largest absolute Gasteiger partial charge is 0.344 e. The molecule has 2 fully saturated rings. The van der Waals surface area contributed by atoms with Crippen LogP contribution in [0.15, 0.2) is 24.3 Å².